The second-order valence-electron chi connectivity index (χ2n) is 2.49. The van der Waals surface area contributed by atoms with Crippen LogP contribution in [0.15, 0.2) is 22.7 Å². The molecule has 0 aromatic heterocycles. The van der Waals surface area contributed by atoms with Gasteiger partial charge in [0.2, 0.25) is 5.91 Å². The Hall–Kier alpha value is -1.34. The highest BCUT2D eigenvalue weighted by Crippen LogP contribution is 2.23. The van der Waals surface area contributed by atoms with Crippen LogP contribution in [0, 0.1) is 11.3 Å². The Bertz CT molecular complexity index is 382. The molecule has 0 atom stereocenters. The third kappa shape index (κ3) is 2.56. The van der Waals surface area contributed by atoms with Crippen molar-refractivity contribution in [1.82, 2.24) is 0 Å². The normalized spacial score (nSPS) is 9.00. The van der Waals surface area contributed by atoms with Crippen LogP contribution < -0.4 is 5.32 Å². The van der Waals surface area contributed by atoms with Gasteiger partial charge in [0.05, 0.1) is 17.3 Å². The van der Waals surface area contributed by atoms with Crippen molar-refractivity contribution in [1.29, 1.82) is 5.26 Å². The zero-order valence-corrected chi connectivity index (χ0v) is 8.55. The van der Waals surface area contributed by atoms with E-state index in [0.29, 0.717) is 15.7 Å². The van der Waals surface area contributed by atoms with E-state index < -0.39 is 0 Å². The molecule has 3 nitrogen and oxygen atoms in total. The molecule has 0 aliphatic carbocycles. The Morgan fingerprint density at radius 1 is 1.62 bits per heavy atom. The van der Waals surface area contributed by atoms with Gasteiger partial charge < -0.3 is 5.32 Å². The molecule has 1 aromatic rings. The van der Waals surface area contributed by atoms with Gasteiger partial charge >= 0.3 is 0 Å². The number of amides is 1. The number of anilines is 1. The lowest BCUT2D eigenvalue weighted by Crippen LogP contribution is -2.06. The molecule has 0 bridgehead atoms. The zero-order valence-electron chi connectivity index (χ0n) is 6.97. The van der Waals surface area contributed by atoms with E-state index >= 15 is 0 Å². The van der Waals surface area contributed by atoms with E-state index in [0.717, 1.165) is 0 Å². The van der Waals surface area contributed by atoms with E-state index in [1.807, 2.05) is 6.07 Å². The number of nitrogens with one attached hydrogen (secondary N) is 1. The lowest BCUT2D eigenvalue weighted by atomic mass is 10.2. The Balaban J connectivity index is 3.00. The lowest BCUT2D eigenvalue weighted by Gasteiger charge is -2.04. The lowest BCUT2D eigenvalue weighted by molar-refractivity contribution is -0.114. The first-order valence-corrected chi connectivity index (χ1v) is 4.40. The van der Waals surface area contributed by atoms with Crippen LogP contribution in [0.4, 0.5) is 5.69 Å². The van der Waals surface area contributed by atoms with Crippen molar-refractivity contribution in [3.63, 3.8) is 0 Å². The molecule has 0 radical (unpaired) electrons. The highest BCUT2D eigenvalue weighted by molar-refractivity contribution is 9.10. The van der Waals surface area contributed by atoms with Crippen molar-refractivity contribution in [2.45, 2.75) is 6.92 Å². The van der Waals surface area contributed by atoms with Crippen LogP contribution in [0.25, 0.3) is 0 Å². The predicted molar refractivity (Wildman–Crippen MR) is 53.2 cm³/mol. The average Bonchev–Trinajstić information content (AvgIpc) is 2.08. The summed E-state index contributed by atoms with van der Waals surface area (Å²) in [5, 5.41) is 11.2. The molecule has 0 aliphatic heterocycles. The quantitative estimate of drug-likeness (QED) is 0.817. The predicted octanol–water partition coefficient (Wildman–Crippen LogP) is 2.28. The summed E-state index contributed by atoms with van der Waals surface area (Å²) < 4.78 is 0.710. The first-order chi connectivity index (χ1) is 6.13. The van der Waals surface area contributed by atoms with E-state index in [9.17, 15) is 4.79 Å². The fraction of sp³-hybridized carbons (Fsp3) is 0.111. The Morgan fingerprint density at radius 2 is 2.31 bits per heavy atom. The SMILES string of the molecule is CC(=O)Nc1ccc(C#N)cc1Br. The van der Waals surface area contributed by atoms with Crippen molar-refractivity contribution < 1.29 is 4.79 Å². The van der Waals surface area contributed by atoms with Gasteiger partial charge in [0, 0.05) is 11.4 Å². The molecule has 0 heterocycles. The second-order valence-corrected chi connectivity index (χ2v) is 3.34. The molecule has 66 valence electrons. The monoisotopic (exact) mass is 238 g/mol. The summed E-state index contributed by atoms with van der Waals surface area (Å²) in [7, 11) is 0. The molecule has 0 saturated heterocycles. The molecule has 1 rings (SSSR count). The first kappa shape index (κ1) is 9.75. The van der Waals surface area contributed by atoms with E-state index in [4.69, 9.17) is 5.26 Å². The highest BCUT2D eigenvalue weighted by Gasteiger charge is 2.01. The summed E-state index contributed by atoms with van der Waals surface area (Å²) in [5.41, 5.74) is 1.23. The molecule has 13 heavy (non-hydrogen) atoms. The van der Waals surface area contributed by atoms with Gasteiger partial charge in [0.15, 0.2) is 0 Å². The Kier molecular flexibility index (Phi) is 3.04. The fourth-order valence-electron chi connectivity index (χ4n) is 0.876. The molecule has 1 aromatic carbocycles. The summed E-state index contributed by atoms with van der Waals surface area (Å²) in [5.74, 6) is -0.134. The highest BCUT2D eigenvalue weighted by atomic mass is 79.9. The minimum atomic E-state index is -0.134. The molecule has 1 amide bonds. The average molecular weight is 239 g/mol. The minimum absolute atomic E-state index is 0.134. The number of hydrogen-bond acceptors (Lipinski definition) is 2. The molecule has 0 aliphatic rings. The van der Waals surface area contributed by atoms with Crippen LogP contribution in [-0.4, -0.2) is 5.91 Å². The summed E-state index contributed by atoms with van der Waals surface area (Å²) in [6, 6.07) is 7.00. The number of benzene rings is 1. The molecule has 0 spiro atoms. The second kappa shape index (κ2) is 4.06. The van der Waals surface area contributed by atoms with Crippen LogP contribution in [0.2, 0.25) is 0 Å². The van der Waals surface area contributed by atoms with Crippen molar-refractivity contribution in [3.8, 4) is 6.07 Å². The number of hydrogen-bond donors (Lipinski definition) is 1. The maximum Gasteiger partial charge on any atom is 0.221 e. The number of nitriles is 1. The molecule has 0 unspecified atom stereocenters. The third-order valence-corrected chi connectivity index (χ3v) is 2.06. The van der Waals surface area contributed by atoms with Crippen molar-refractivity contribution in [3.05, 3.63) is 28.2 Å². The van der Waals surface area contributed by atoms with Gasteiger partial charge in [-0.25, -0.2) is 0 Å². The largest absolute Gasteiger partial charge is 0.325 e. The van der Waals surface area contributed by atoms with Gasteiger partial charge in [-0.1, -0.05) is 0 Å². The number of halogens is 1. The Morgan fingerprint density at radius 3 is 2.77 bits per heavy atom. The van der Waals surface area contributed by atoms with Crippen LogP contribution in [0.1, 0.15) is 12.5 Å². The summed E-state index contributed by atoms with van der Waals surface area (Å²) in [4.78, 5) is 10.7. The van der Waals surface area contributed by atoms with E-state index in [1.54, 1.807) is 18.2 Å². The summed E-state index contributed by atoms with van der Waals surface area (Å²) >= 11 is 3.25. The van der Waals surface area contributed by atoms with Crippen LogP contribution in [-0.2, 0) is 4.79 Å². The third-order valence-electron chi connectivity index (χ3n) is 1.41. The van der Waals surface area contributed by atoms with E-state index in [-0.39, 0.29) is 5.91 Å². The maximum absolute atomic E-state index is 10.7. The van der Waals surface area contributed by atoms with Gasteiger partial charge in [-0.2, -0.15) is 5.26 Å². The van der Waals surface area contributed by atoms with Crippen molar-refractivity contribution in [2.24, 2.45) is 0 Å². The van der Waals surface area contributed by atoms with Gasteiger partial charge in [-0.15, -0.1) is 0 Å². The molecule has 0 fully saturated rings. The molecular formula is C9H7BrN2O. The summed E-state index contributed by atoms with van der Waals surface area (Å²) in [6.45, 7) is 1.44. The van der Waals surface area contributed by atoms with Crippen molar-refractivity contribution in [2.75, 3.05) is 5.32 Å². The van der Waals surface area contributed by atoms with E-state index in [1.165, 1.54) is 6.92 Å². The van der Waals surface area contributed by atoms with Gasteiger partial charge in [0.25, 0.3) is 0 Å². The maximum atomic E-state index is 10.7. The first-order valence-electron chi connectivity index (χ1n) is 3.60. The van der Waals surface area contributed by atoms with Crippen molar-refractivity contribution >= 4 is 27.5 Å². The number of nitrogens with zero attached hydrogens (tertiary/aromatic N) is 1. The minimum Gasteiger partial charge on any atom is -0.325 e. The molecular weight excluding hydrogens is 232 g/mol. The fourth-order valence-corrected chi connectivity index (χ4v) is 1.35. The topological polar surface area (TPSA) is 52.9 Å². The standard InChI is InChI=1S/C9H7BrN2O/c1-6(13)12-9-3-2-7(5-11)4-8(9)10/h2-4H,1H3,(H,12,13). The van der Waals surface area contributed by atoms with Crippen LogP contribution in [0.3, 0.4) is 0 Å². The summed E-state index contributed by atoms with van der Waals surface area (Å²) in [6.07, 6.45) is 0. The van der Waals surface area contributed by atoms with Crippen LogP contribution in [0.5, 0.6) is 0 Å². The van der Waals surface area contributed by atoms with E-state index in [2.05, 4.69) is 21.2 Å². The zero-order chi connectivity index (χ0) is 9.84. The Labute approximate surface area is 84.5 Å². The molecule has 4 heteroatoms. The molecule has 0 saturated carbocycles. The van der Waals surface area contributed by atoms with Gasteiger partial charge in [-0.05, 0) is 34.1 Å². The number of carbonyl (C=O) groups excluding carboxylic acids is 1. The van der Waals surface area contributed by atoms with Crippen LogP contribution >= 0.6 is 15.9 Å². The van der Waals surface area contributed by atoms with Gasteiger partial charge in [0.1, 0.15) is 0 Å². The number of carbonyl (C=O) groups is 1. The van der Waals surface area contributed by atoms with Gasteiger partial charge in [-0.3, -0.25) is 4.79 Å². The number of rotatable bonds is 1. The molecule has 1 N–H and O–H groups in total. The smallest absolute Gasteiger partial charge is 0.221 e.